The van der Waals surface area contributed by atoms with E-state index in [0.29, 0.717) is 22.5 Å². The lowest BCUT2D eigenvalue weighted by Gasteiger charge is -2.59. The summed E-state index contributed by atoms with van der Waals surface area (Å²) in [5.41, 5.74) is 2.51. The SMILES string of the molecule is CC(=O)[C@H]1C=C2CCCC[C@]2(C)[C@H]2CC[C@]3(C)[C@@H]([C@H](C)CCCC(C)C)CC[C@H]3[C@H]12. The van der Waals surface area contributed by atoms with Gasteiger partial charge in [-0.05, 0) is 98.2 Å². The Hall–Kier alpha value is -0.590. The van der Waals surface area contributed by atoms with E-state index in [0.717, 1.165) is 29.6 Å². The molecule has 0 aromatic rings. The minimum atomic E-state index is 0.204. The first-order valence-electron chi connectivity index (χ1n) is 13.4. The van der Waals surface area contributed by atoms with Gasteiger partial charge >= 0.3 is 0 Å². The molecule has 0 aromatic heterocycles. The largest absolute Gasteiger partial charge is 0.299 e. The van der Waals surface area contributed by atoms with Gasteiger partial charge in [-0.1, -0.05) is 72.0 Å². The molecule has 1 nitrogen and oxygen atoms in total. The van der Waals surface area contributed by atoms with Crippen LogP contribution in [0.2, 0.25) is 0 Å². The number of fused-ring (bicyclic) bond motifs is 5. The summed E-state index contributed by atoms with van der Waals surface area (Å²) >= 11 is 0. The molecule has 0 N–H and O–H groups in total. The van der Waals surface area contributed by atoms with E-state index in [1.165, 1.54) is 70.6 Å². The molecule has 170 valence electrons. The minimum absolute atomic E-state index is 0.204. The lowest BCUT2D eigenvalue weighted by molar-refractivity contribution is -0.129. The molecule has 4 aliphatic rings. The maximum Gasteiger partial charge on any atom is 0.136 e. The minimum Gasteiger partial charge on any atom is -0.299 e. The molecular formula is C29H48O. The van der Waals surface area contributed by atoms with Crippen LogP contribution in [0.5, 0.6) is 0 Å². The van der Waals surface area contributed by atoms with Crippen molar-refractivity contribution < 1.29 is 4.79 Å². The molecule has 4 aliphatic carbocycles. The zero-order chi connectivity index (χ0) is 21.7. The Morgan fingerprint density at radius 1 is 1.03 bits per heavy atom. The van der Waals surface area contributed by atoms with Crippen molar-refractivity contribution in [3.63, 3.8) is 0 Å². The number of carbonyl (C=O) groups is 1. The van der Waals surface area contributed by atoms with E-state index < -0.39 is 0 Å². The van der Waals surface area contributed by atoms with Crippen LogP contribution >= 0.6 is 0 Å². The molecule has 4 rings (SSSR count). The predicted octanol–water partition coefficient (Wildman–Crippen LogP) is 8.23. The molecule has 0 spiro atoms. The topological polar surface area (TPSA) is 17.1 Å². The highest BCUT2D eigenvalue weighted by atomic mass is 16.1. The summed E-state index contributed by atoms with van der Waals surface area (Å²) in [5.74, 6) is 5.31. The fourth-order valence-corrected chi connectivity index (χ4v) is 9.13. The zero-order valence-corrected chi connectivity index (χ0v) is 20.8. The highest BCUT2D eigenvalue weighted by molar-refractivity contribution is 5.81. The number of hydrogen-bond acceptors (Lipinski definition) is 1. The van der Waals surface area contributed by atoms with Gasteiger partial charge in [0.15, 0.2) is 0 Å². The summed E-state index contributed by atoms with van der Waals surface area (Å²) in [6.07, 6.45) is 17.6. The summed E-state index contributed by atoms with van der Waals surface area (Å²) in [5, 5.41) is 0. The first-order chi connectivity index (χ1) is 14.2. The third-order valence-electron chi connectivity index (χ3n) is 10.7. The maximum atomic E-state index is 12.9. The van der Waals surface area contributed by atoms with E-state index in [-0.39, 0.29) is 5.92 Å². The fraction of sp³-hybridized carbons (Fsp3) is 0.897. The predicted molar refractivity (Wildman–Crippen MR) is 127 cm³/mol. The molecule has 1 heteroatoms. The normalized spacial score (nSPS) is 44.1. The van der Waals surface area contributed by atoms with Crippen LogP contribution in [0.1, 0.15) is 112 Å². The van der Waals surface area contributed by atoms with Gasteiger partial charge in [-0.15, -0.1) is 0 Å². The van der Waals surface area contributed by atoms with Gasteiger partial charge in [-0.25, -0.2) is 0 Å². The molecule has 30 heavy (non-hydrogen) atoms. The van der Waals surface area contributed by atoms with Crippen LogP contribution in [0.25, 0.3) is 0 Å². The number of Topliss-reactive ketones (excluding diaryl/α,β-unsaturated/α-hetero) is 1. The Balaban J connectivity index is 1.60. The Morgan fingerprint density at radius 3 is 2.50 bits per heavy atom. The third kappa shape index (κ3) is 3.65. The highest BCUT2D eigenvalue weighted by Gasteiger charge is 2.61. The summed E-state index contributed by atoms with van der Waals surface area (Å²) in [7, 11) is 0. The lowest BCUT2D eigenvalue weighted by Crippen LogP contribution is -2.53. The second-order valence-corrected chi connectivity index (χ2v) is 12.8. The average Bonchev–Trinajstić information content (AvgIpc) is 3.03. The monoisotopic (exact) mass is 412 g/mol. The molecule has 0 radical (unpaired) electrons. The second kappa shape index (κ2) is 8.40. The molecule has 0 saturated heterocycles. The number of carbonyl (C=O) groups excluding carboxylic acids is 1. The molecule has 0 unspecified atom stereocenters. The number of ketones is 1. The first-order valence-corrected chi connectivity index (χ1v) is 13.4. The van der Waals surface area contributed by atoms with Gasteiger partial charge in [0.1, 0.15) is 5.78 Å². The lowest BCUT2D eigenvalue weighted by atomic mass is 9.45. The molecule has 3 saturated carbocycles. The molecule has 8 atom stereocenters. The number of hydrogen-bond donors (Lipinski definition) is 0. The molecule has 3 fully saturated rings. The van der Waals surface area contributed by atoms with Gasteiger partial charge in [-0.3, -0.25) is 4.79 Å². The van der Waals surface area contributed by atoms with Crippen LogP contribution in [-0.4, -0.2) is 5.78 Å². The molecule has 0 heterocycles. The smallest absolute Gasteiger partial charge is 0.136 e. The molecule has 0 aromatic carbocycles. The van der Waals surface area contributed by atoms with Gasteiger partial charge in [0.2, 0.25) is 0 Å². The molecule has 0 aliphatic heterocycles. The summed E-state index contributed by atoms with van der Waals surface area (Å²) in [6.45, 7) is 14.4. The third-order valence-corrected chi connectivity index (χ3v) is 10.7. The van der Waals surface area contributed by atoms with Crippen LogP contribution in [0, 0.1) is 52.3 Å². The van der Waals surface area contributed by atoms with E-state index >= 15 is 0 Å². The highest BCUT2D eigenvalue weighted by Crippen LogP contribution is 2.68. The van der Waals surface area contributed by atoms with E-state index in [9.17, 15) is 4.79 Å². The summed E-state index contributed by atoms with van der Waals surface area (Å²) in [6, 6.07) is 0. The quantitative estimate of drug-likeness (QED) is 0.401. The van der Waals surface area contributed by atoms with E-state index in [4.69, 9.17) is 0 Å². The maximum absolute atomic E-state index is 12.9. The van der Waals surface area contributed by atoms with Crippen molar-refractivity contribution >= 4 is 5.78 Å². The molecule has 0 amide bonds. The van der Waals surface area contributed by atoms with Gasteiger partial charge in [0.05, 0.1) is 0 Å². The Morgan fingerprint density at radius 2 is 1.80 bits per heavy atom. The fourth-order valence-electron chi connectivity index (χ4n) is 9.13. The van der Waals surface area contributed by atoms with Crippen molar-refractivity contribution in [2.45, 2.75) is 112 Å². The van der Waals surface area contributed by atoms with Crippen molar-refractivity contribution in [3.8, 4) is 0 Å². The van der Waals surface area contributed by atoms with Gasteiger partial charge in [0, 0.05) is 5.92 Å². The van der Waals surface area contributed by atoms with Gasteiger partial charge < -0.3 is 0 Å². The Labute approximate surface area is 186 Å². The Bertz CT molecular complexity index is 674. The number of allylic oxidation sites excluding steroid dienone is 2. The van der Waals surface area contributed by atoms with Gasteiger partial charge in [-0.2, -0.15) is 0 Å². The van der Waals surface area contributed by atoms with Crippen LogP contribution < -0.4 is 0 Å². The van der Waals surface area contributed by atoms with Crippen LogP contribution in [-0.2, 0) is 4.79 Å². The first kappa shape index (κ1) is 22.6. The van der Waals surface area contributed by atoms with Gasteiger partial charge in [0.25, 0.3) is 0 Å². The average molecular weight is 413 g/mol. The molecule has 0 bridgehead atoms. The van der Waals surface area contributed by atoms with Crippen molar-refractivity contribution in [1.82, 2.24) is 0 Å². The number of rotatable bonds is 6. The van der Waals surface area contributed by atoms with E-state index in [2.05, 4.69) is 40.7 Å². The van der Waals surface area contributed by atoms with Crippen LogP contribution in [0.3, 0.4) is 0 Å². The van der Waals surface area contributed by atoms with Crippen molar-refractivity contribution in [1.29, 1.82) is 0 Å². The van der Waals surface area contributed by atoms with Crippen LogP contribution in [0.15, 0.2) is 11.6 Å². The van der Waals surface area contributed by atoms with E-state index in [1.807, 2.05) is 6.92 Å². The summed E-state index contributed by atoms with van der Waals surface area (Å²) in [4.78, 5) is 12.9. The van der Waals surface area contributed by atoms with E-state index in [1.54, 1.807) is 5.57 Å². The second-order valence-electron chi connectivity index (χ2n) is 12.8. The van der Waals surface area contributed by atoms with Crippen LogP contribution in [0.4, 0.5) is 0 Å². The van der Waals surface area contributed by atoms with Crippen molar-refractivity contribution in [2.75, 3.05) is 0 Å². The Kier molecular flexibility index (Phi) is 6.33. The summed E-state index contributed by atoms with van der Waals surface area (Å²) < 4.78 is 0. The standard InChI is InChI=1S/C29H48O/c1-19(2)10-9-11-20(3)24-13-14-25-27-23(21(4)30)18-22-12-7-8-16-28(22,5)26(27)15-17-29(24,25)6/h18-20,23-27H,7-17H2,1-6H3/t20-,23-,24-,25+,26+,27+,28+,29-/m1/s1. The van der Waals surface area contributed by atoms with Crippen molar-refractivity contribution in [2.24, 2.45) is 52.3 Å². The zero-order valence-electron chi connectivity index (χ0n) is 20.8. The molecular weight excluding hydrogens is 364 g/mol. The van der Waals surface area contributed by atoms with Crippen molar-refractivity contribution in [3.05, 3.63) is 11.6 Å².